The molecule has 3 heterocycles. The number of rotatable bonds is 13. The zero-order valence-corrected chi connectivity index (χ0v) is 23.5. The van der Waals surface area contributed by atoms with Crippen LogP contribution in [0.2, 0.25) is 0 Å². The van der Waals surface area contributed by atoms with E-state index in [-0.39, 0.29) is 11.4 Å². The molecule has 0 saturated carbocycles. The van der Waals surface area contributed by atoms with Crippen LogP contribution in [-0.4, -0.2) is 61.9 Å². The van der Waals surface area contributed by atoms with Crippen molar-refractivity contribution in [2.24, 2.45) is 0 Å². The summed E-state index contributed by atoms with van der Waals surface area (Å²) in [7, 11) is -2.50. The second-order valence-electron chi connectivity index (χ2n) is 10.3. The van der Waals surface area contributed by atoms with E-state index < -0.39 is 34.0 Å². The minimum atomic E-state index is -3.80. The molecular formula is C29H40N4O5S. The second kappa shape index (κ2) is 13.9. The highest BCUT2D eigenvalue weighted by atomic mass is 32.2. The number of nitrogens with zero attached hydrogens (tertiary/aromatic N) is 2. The second-order valence-corrected chi connectivity index (χ2v) is 12.2. The van der Waals surface area contributed by atoms with Gasteiger partial charge in [0.25, 0.3) is 0 Å². The maximum Gasteiger partial charge on any atom is 0.328 e. The fourth-order valence-electron chi connectivity index (χ4n) is 5.37. The number of carbonyl (C=O) groups excluding carboxylic acids is 2. The number of benzene rings is 1. The molecule has 2 aliphatic heterocycles. The van der Waals surface area contributed by atoms with E-state index in [0.29, 0.717) is 19.3 Å². The Morgan fingerprint density at radius 3 is 2.64 bits per heavy atom. The van der Waals surface area contributed by atoms with Crippen molar-refractivity contribution in [3.05, 3.63) is 53.7 Å². The molecule has 4 rings (SSSR count). The third-order valence-electron chi connectivity index (χ3n) is 7.54. The number of anilines is 1. The minimum absolute atomic E-state index is 0.160. The van der Waals surface area contributed by atoms with Crippen LogP contribution in [0.4, 0.5) is 5.82 Å². The van der Waals surface area contributed by atoms with Gasteiger partial charge in [-0.25, -0.2) is 18.2 Å². The largest absolute Gasteiger partial charge is 0.467 e. The summed E-state index contributed by atoms with van der Waals surface area (Å²) in [5, 5.41) is 6.16. The summed E-state index contributed by atoms with van der Waals surface area (Å²) in [5.74, 6) is 0.0772. The fraction of sp³-hybridized carbons (Fsp3) is 0.552. The molecule has 1 amide bonds. The summed E-state index contributed by atoms with van der Waals surface area (Å²) < 4.78 is 32.4. The Kier molecular flexibility index (Phi) is 10.3. The average Bonchev–Trinajstić information content (AvgIpc) is 3.47. The maximum atomic E-state index is 13.1. The quantitative estimate of drug-likeness (QED) is 0.284. The number of carbonyl (C=O) groups is 2. The number of hydrogen-bond acceptors (Lipinski definition) is 7. The van der Waals surface area contributed by atoms with E-state index >= 15 is 0 Å². The van der Waals surface area contributed by atoms with Gasteiger partial charge in [0.05, 0.1) is 12.0 Å². The molecule has 0 unspecified atom stereocenters. The van der Waals surface area contributed by atoms with E-state index in [1.165, 1.54) is 29.1 Å². The molecule has 2 N–H and O–H groups in total. The molecular weight excluding hydrogens is 516 g/mol. The first-order chi connectivity index (χ1) is 18.9. The maximum absolute atomic E-state index is 13.1. The normalized spacial score (nSPS) is 18.1. The Labute approximate surface area is 231 Å². The number of unbranched alkanes of at least 4 members (excludes halogenated alkanes) is 4. The molecule has 39 heavy (non-hydrogen) atoms. The number of aromatic nitrogens is 1. The molecule has 212 valence electrons. The molecule has 1 aromatic heterocycles. The van der Waals surface area contributed by atoms with E-state index in [1.54, 1.807) is 18.2 Å². The van der Waals surface area contributed by atoms with E-state index in [0.717, 1.165) is 69.4 Å². The molecule has 1 fully saturated rings. The van der Waals surface area contributed by atoms with Crippen LogP contribution in [0.3, 0.4) is 0 Å². The smallest absolute Gasteiger partial charge is 0.328 e. The lowest BCUT2D eigenvalue weighted by atomic mass is 10.0. The van der Waals surface area contributed by atoms with Gasteiger partial charge < -0.3 is 15.4 Å². The third kappa shape index (κ3) is 7.57. The van der Waals surface area contributed by atoms with Crippen molar-refractivity contribution < 1.29 is 22.7 Å². The highest BCUT2D eigenvalue weighted by molar-refractivity contribution is 7.89. The highest BCUT2D eigenvalue weighted by Gasteiger charge is 2.40. The number of pyridine rings is 1. The molecule has 0 radical (unpaired) electrons. The number of amides is 1. The lowest BCUT2D eigenvalue weighted by Gasteiger charge is -2.25. The number of fused-ring (bicyclic) bond motifs is 1. The Hall–Kier alpha value is -2.98. The van der Waals surface area contributed by atoms with Gasteiger partial charge in [-0.05, 0) is 68.7 Å². The molecule has 10 heteroatoms. The van der Waals surface area contributed by atoms with Crippen molar-refractivity contribution >= 4 is 27.7 Å². The van der Waals surface area contributed by atoms with Crippen LogP contribution in [0.15, 0.2) is 47.4 Å². The van der Waals surface area contributed by atoms with Crippen molar-refractivity contribution in [2.75, 3.05) is 25.5 Å². The molecule has 0 spiro atoms. The summed E-state index contributed by atoms with van der Waals surface area (Å²) >= 11 is 0. The van der Waals surface area contributed by atoms with Gasteiger partial charge in [0.1, 0.15) is 17.9 Å². The topological polar surface area (TPSA) is 118 Å². The van der Waals surface area contributed by atoms with Crippen molar-refractivity contribution in [1.29, 1.82) is 0 Å². The van der Waals surface area contributed by atoms with Gasteiger partial charge >= 0.3 is 5.97 Å². The summed E-state index contributed by atoms with van der Waals surface area (Å²) in [6.07, 6.45) is 9.49. The SMILES string of the molecule is COC(=O)[C@H](CCCCCCCc1ccc2c(n1)NCCC2)NC(=O)[C@@H]1CCCN1S(=O)(=O)c1ccccc1. The highest BCUT2D eigenvalue weighted by Crippen LogP contribution is 2.26. The van der Waals surface area contributed by atoms with Crippen LogP contribution in [0.5, 0.6) is 0 Å². The zero-order chi connectivity index (χ0) is 27.7. The van der Waals surface area contributed by atoms with E-state index in [1.807, 2.05) is 0 Å². The molecule has 2 atom stereocenters. The number of hydrogen-bond donors (Lipinski definition) is 2. The number of aryl methyl sites for hydroxylation is 2. The van der Waals surface area contributed by atoms with E-state index in [2.05, 4.69) is 22.8 Å². The van der Waals surface area contributed by atoms with E-state index in [9.17, 15) is 18.0 Å². The van der Waals surface area contributed by atoms with Gasteiger partial charge in [0.2, 0.25) is 15.9 Å². The Morgan fingerprint density at radius 2 is 1.85 bits per heavy atom. The van der Waals surface area contributed by atoms with Gasteiger partial charge in [-0.2, -0.15) is 4.31 Å². The number of nitrogens with one attached hydrogen (secondary N) is 2. The predicted molar refractivity (Wildman–Crippen MR) is 150 cm³/mol. The lowest BCUT2D eigenvalue weighted by molar-refractivity contribution is -0.145. The van der Waals surface area contributed by atoms with Crippen molar-refractivity contribution in [3.63, 3.8) is 0 Å². The van der Waals surface area contributed by atoms with Crippen LogP contribution >= 0.6 is 0 Å². The molecule has 0 aliphatic carbocycles. The first-order valence-corrected chi connectivity index (χ1v) is 15.5. The summed E-state index contributed by atoms with van der Waals surface area (Å²) in [6.45, 7) is 1.26. The van der Waals surface area contributed by atoms with Crippen LogP contribution < -0.4 is 10.6 Å². The van der Waals surface area contributed by atoms with Gasteiger partial charge in [-0.3, -0.25) is 4.79 Å². The number of methoxy groups -OCH3 is 1. The van der Waals surface area contributed by atoms with Crippen LogP contribution in [-0.2, 0) is 37.2 Å². The van der Waals surface area contributed by atoms with Gasteiger partial charge in [0.15, 0.2) is 0 Å². The summed E-state index contributed by atoms with van der Waals surface area (Å²) in [4.78, 5) is 30.4. The van der Waals surface area contributed by atoms with Crippen molar-refractivity contribution in [3.8, 4) is 0 Å². The summed E-state index contributed by atoms with van der Waals surface area (Å²) in [5.41, 5.74) is 2.42. The first-order valence-electron chi connectivity index (χ1n) is 14.1. The van der Waals surface area contributed by atoms with Gasteiger partial charge in [-0.15, -0.1) is 0 Å². The summed E-state index contributed by atoms with van der Waals surface area (Å²) in [6, 6.07) is 10.8. The van der Waals surface area contributed by atoms with Gasteiger partial charge in [-0.1, -0.05) is 49.9 Å². The minimum Gasteiger partial charge on any atom is -0.467 e. The number of ether oxygens (including phenoxy) is 1. The Balaban J connectivity index is 1.22. The first kappa shape index (κ1) is 29.0. The molecule has 0 bridgehead atoms. The van der Waals surface area contributed by atoms with Crippen LogP contribution in [0.25, 0.3) is 0 Å². The Morgan fingerprint density at radius 1 is 1.08 bits per heavy atom. The standard InChI is InChI=1S/C29H40N4O5S/c1-38-29(35)25(16-9-4-2-3-6-13-23-19-18-22-12-10-20-30-27(22)31-23)32-28(34)26-17-11-21-33(26)39(36,37)24-14-7-5-8-15-24/h5,7-8,14-15,18-19,25-26H,2-4,6,9-13,16-17,20-21H2,1H3,(H,30,31)(H,32,34)/t25-,26-/m0/s1. The van der Waals surface area contributed by atoms with Crippen LogP contribution in [0, 0.1) is 0 Å². The predicted octanol–water partition coefficient (Wildman–Crippen LogP) is 3.83. The zero-order valence-electron chi connectivity index (χ0n) is 22.7. The van der Waals surface area contributed by atoms with Crippen LogP contribution in [0.1, 0.15) is 69.0 Å². The fourth-order valence-corrected chi connectivity index (χ4v) is 7.05. The molecule has 9 nitrogen and oxygen atoms in total. The number of sulfonamides is 1. The van der Waals surface area contributed by atoms with Gasteiger partial charge in [0, 0.05) is 18.8 Å². The average molecular weight is 557 g/mol. The third-order valence-corrected chi connectivity index (χ3v) is 9.46. The monoisotopic (exact) mass is 556 g/mol. The number of esters is 1. The van der Waals surface area contributed by atoms with Crippen molar-refractivity contribution in [1.82, 2.24) is 14.6 Å². The molecule has 2 aromatic rings. The van der Waals surface area contributed by atoms with E-state index in [4.69, 9.17) is 9.72 Å². The Bertz CT molecular complexity index is 1220. The molecule has 1 aromatic carbocycles. The van der Waals surface area contributed by atoms with Crippen molar-refractivity contribution in [2.45, 2.75) is 87.6 Å². The molecule has 1 saturated heterocycles. The lowest BCUT2D eigenvalue weighted by Crippen LogP contribution is -2.51. The molecule has 2 aliphatic rings.